The van der Waals surface area contributed by atoms with Gasteiger partial charge in [-0.1, -0.05) is 31.2 Å². The predicted octanol–water partition coefficient (Wildman–Crippen LogP) is 2.45. The van der Waals surface area contributed by atoms with Crippen LogP contribution in [0.1, 0.15) is 36.2 Å². The molecular formula is C15H23NO2. The number of ether oxygens (including phenoxy) is 1. The monoisotopic (exact) mass is 249 g/mol. The lowest BCUT2D eigenvalue weighted by atomic mass is 10.0. The topological polar surface area (TPSA) is 38.3 Å². The van der Waals surface area contributed by atoms with Gasteiger partial charge >= 0.3 is 0 Å². The minimum atomic E-state index is -0.144. The van der Waals surface area contributed by atoms with Crippen LogP contribution in [0.5, 0.6) is 0 Å². The summed E-state index contributed by atoms with van der Waals surface area (Å²) in [5.41, 5.74) is 2.03. The third-order valence-corrected chi connectivity index (χ3v) is 3.02. The van der Waals surface area contributed by atoms with E-state index in [4.69, 9.17) is 4.74 Å². The second kappa shape index (κ2) is 8.01. The number of carbonyl (C=O) groups excluding carboxylic acids is 1. The van der Waals surface area contributed by atoms with Crippen molar-refractivity contribution in [1.29, 1.82) is 0 Å². The Bertz CT molecular complexity index is 359. The molecule has 1 atom stereocenters. The highest BCUT2D eigenvalue weighted by Gasteiger charge is 2.13. The number of benzene rings is 1. The second-order valence-corrected chi connectivity index (χ2v) is 4.44. The smallest absolute Gasteiger partial charge is 0.179 e. The highest BCUT2D eigenvalue weighted by molar-refractivity contribution is 5.99. The second-order valence-electron chi connectivity index (χ2n) is 4.44. The first-order valence-corrected chi connectivity index (χ1v) is 6.54. The Morgan fingerprint density at radius 1 is 1.33 bits per heavy atom. The van der Waals surface area contributed by atoms with Crippen LogP contribution >= 0.6 is 0 Å². The van der Waals surface area contributed by atoms with Crippen LogP contribution < -0.4 is 5.32 Å². The van der Waals surface area contributed by atoms with Crippen molar-refractivity contribution in [3.8, 4) is 0 Å². The molecule has 0 aromatic heterocycles. The zero-order valence-corrected chi connectivity index (χ0v) is 11.5. The summed E-state index contributed by atoms with van der Waals surface area (Å²) >= 11 is 0. The maximum atomic E-state index is 12.1. The van der Waals surface area contributed by atoms with Crippen LogP contribution in [0, 0.1) is 0 Å². The maximum absolute atomic E-state index is 12.1. The maximum Gasteiger partial charge on any atom is 0.179 e. The molecule has 0 heterocycles. The molecule has 0 aliphatic carbocycles. The molecule has 0 aliphatic heterocycles. The Hall–Kier alpha value is -1.19. The fraction of sp³-hybridized carbons (Fsp3) is 0.533. The highest BCUT2D eigenvalue weighted by Crippen LogP contribution is 2.07. The molecule has 1 rings (SSSR count). The number of carbonyl (C=O) groups is 1. The third-order valence-electron chi connectivity index (χ3n) is 3.02. The number of ketones is 1. The molecule has 0 bridgehead atoms. The van der Waals surface area contributed by atoms with Gasteiger partial charge in [-0.3, -0.25) is 4.79 Å². The Morgan fingerprint density at radius 2 is 2.00 bits per heavy atom. The van der Waals surface area contributed by atoms with Crippen LogP contribution in [0.4, 0.5) is 0 Å². The Morgan fingerprint density at radius 3 is 2.56 bits per heavy atom. The van der Waals surface area contributed by atoms with E-state index in [1.807, 2.05) is 31.2 Å². The first kappa shape index (κ1) is 14.9. The van der Waals surface area contributed by atoms with Crippen molar-refractivity contribution in [2.75, 3.05) is 20.3 Å². The van der Waals surface area contributed by atoms with Crippen molar-refractivity contribution >= 4 is 5.78 Å². The lowest BCUT2D eigenvalue weighted by Crippen LogP contribution is -2.35. The molecule has 0 amide bonds. The van der Waals surface area contributed by atoms with Gasteiger partial charge in [-0.25, -0.2) is 0 Å². The summed E-state index contributed by atoms with van der Waals surface area (Å²) in [5, 5.41) is 3.21. The van der Waals surface area contributed by atoms with Crippen LogP contribution in [0.3, 0.4) is 0 Å². The largest absolute Gasteiger partial charge is 0.385 e. The van der Waals surface area contributed by atoms with Gasteiger partial charge in [0.25, 0.3) is 0 Å². The molecule has 1 unspecified atom stereocenters. The SMILES string of the molecule is CCc1ccc(C(=O)C(C)NCCCOC)cc1. The Labute approximate surface area is 110 Å². The van der Waals surface area contributed by atoms with Crippen molar-refractivity contribution in [3.63, 3.8) is 0 Å². The van der Waals surface area contributed by atoms with Crippen molar-refractivity contribution in [2.24, 2.45) is 0 Å². The number of methoxy groups -OCH3 is 1. The van der Waals surface area contributed by atoms with Gasteiger partial charge in [0.1, 0.15) is 0 Å². The number of nitrogens with one attached hydrogen (secondary N) is 1. The van der Waals surface area contributed by atoms with E-state index in [1.165, 1.54) is 5.56 Å². The number of hydrogen-bond donors (Lipinski definition) is 1. The summed E-state index contributed by atoms with van der Waals surface area (Å²) in [6.45, 7) is 5.53. The van der Waals surface area contributed by atoms with Gasteiger partial charge in [0.05, 0.1) is 6.04 Å². The molecule has 0 radical (unpaired) electrons. The molecule has 1 N–H and O–H groups in total. The summed E-state index contributed by atoms with van der Waals surface area (Å²) in [4.78, 5) is 12.1. The van der Waals surface area contributed by atoms with E-state index in [0.29, 0.717) is 0 Å². The summed E-state index contributed by atoms with van der Waals surface area (Å²) in [6.07, 6.45) is 1.92. The van der Waals surface area contributed by atoms with E-state index in [9.17, 15) is 4.79 Å². The molecule has 3 nitrogen and oxygen atoms in total. The average Bonchev–Trinajstić information content (AvgIpc) is 2.42. The third kappa shape index (κ3) is 4.59. The van der Waals surface area contributed by atoms with Gasteiger partial charge in [0, 0.05) is 19.3 Å². The molecule has 18 heavy (non-hydrogen) atoms. The van der Waals surface area contributed by atoms with Crippen LogP contribution in [0.15, 0.2) is 24.3 Å². The molecule has 3 heteroatoms. The molecule has 0 saturated carbocycles. The Kier molecular flexibility index (Phi) is 6.61. The van der Waals surface area contributed by atoms with Crippen molar-refractivity contribution in [1.82, 2.24) is 5.32 Å². The molecule has 0 spiro atoms. The molecule has 0 aliphatic rings. The van der Waals surface area contributed by atoms with Crippen LogP contribution in [-0.4, -0.2) is 32.1 Å². The van der Waals surface area contributed by atoms with Crippen LogP contribution in [-0.2, 0) is 11.2 Å². The number of hydrogen-bond acceptors (Lipinski definition) is 3. The van der Waals surface area contributed by atoms with Crippen LogP contribution in [0.25, 0.3) is 0 Å². The zero-order chi connectivity index (χ0) is 13.4. The van der Waals surface area contributed by atoms with E-state index in [-0.39, 0.29) is 11.8 Å². The molecule has 1 aromatic carbocycles. The first-order valence-electron chi connectivity index (χ1n) is 6.54. The van der Waals surface area contributed by atoms with Gasteiger partial charge in [-0.05, 0) is 31.9 Å². The fourth-order valence-electron chi connectivity index (χ4n) is 1.78. The van der Waals surface area contributed by atoms with Gasteiger partial charge < -0.3 is 10.1 Å². The standard InChI is InChI=1S/C15H23NO2/c1-4-13-6-8-14(9-7-13)15(17)12(2)16-10-5-11-18-3/h6-9,12,16H,4-5,10-11H2,1-3H3. The van der Waals surface area contributed by atoms with Gasteiger partial charge in [0.15, 0.2) is 5.78 Å². The molecule has 0 fully saturated rings. The lowest BCUT2D eigenvalue weighted by Gasteiger charge is -2.12. The van der Waals surface area contributed by atoms with E-state index < -0.39 is 0 Å². The zero-order valence-electron chi connectivity index (χ0n) is 11.5. The number of Topliss-reactive ketones (excluding diaryl/α,β-unsaturated/α-hetero) is 1. The average molecular weight is 249 g/mol. The highest BCUT2D eigenvalue weighted by atomic mass is 16.5. The van der Waals surface area contributed by atoms with Gasteiger partial charge in [-0.15, -0.1) is 0 Å². The molecule has 0 saturated heterocycles. The van der Waals surface area contributed by atoms with Gasteiger partial charge in [-0.2, -0.15) is 0 Å². The van der Waals surface area contributed by atoms with E-state index in [2.05, 4.69) is 12.2 Å². The molecular weight excluding hydrogens is 226 g/mol. The van der Waals surface area contributed by atoms with E-state index in [0.717, 1.165) is 31.6 Å². The van der Waals surface area contributed by atoms with E-state index in [1.54, 1.807) is 7.11 Å². The van der Waals surface area contributed by atoms with E-state index >= 15 is 0 Å². The predicted molar refractivity (Wildman–Crippen MR) is 74.1 cm³/mol. The van der Waals surface area contributed by atoms with Crippen LogP contribution in [0.2, 0.25) is 0 Å². The first-order chi connectivity index (χ1) is 8.69. The number of aryl methyl sites for hydroxylation is 1. The van der Waals surface area contributed by atoms with Crippen molar-refractivity contribution in [3.05, 3.63) is 35.4 Å². The summed E-state index contributed by atoms with van der Waals surface area (Å²) in [6, 6.07) is 7.72. The fourth-order valence-corrected chi connectivity index (χ4v) is 1.78. The number of rotatable bonds is 8. The summed E-state index contributed by atoms with van der Waals surface area (Å²) in [7, 11) is 1.68. The lowest BCUT2D eigenvalue weighted by molar-refractivity contribution is 0.0949. The summed E-state index contributed by atoms with van der Waals surface area (Å²) in [5.74, 6) is 0.148. The molecule has 1 aromatic rings. The molecule has 100 valence electrons. The Balaban J connectivity index is 2.46. The van der Waals surface area contributed by atoms with Crippen molar-refractivity contribution < 1.29 is 9.53 Å². The van der Waals surface area contributed by atoms with Gasteiger partial charge in [0.2, 0.25) is 0 Å². The minimum absolute atomic E-state index is 0.144. The quantitative estimate of drug-likeness (QED) is 0.568. The normalized spacial score (nSPS) is 12.4. The van der Waals surface area contributed by atoms with Crippen molar-refractivity contribution in [2.45, 2.75) is 32.7 Å². The summed E-state index contributed by atoms with van der Waals surface area (Å²) < 4.78 is 4.97. The minimum Gasteiger partial charge on any atom is -0.385 e.